The summed E-state index contributed by atoms with van der Waals surface area (Å²) in [5.41, 5.74) is 6.61. The molecule has 2 aromatic heterocycles. The van der Waals surface area contributed by atoms with Crippen LogP contribution in [0.4, 0.5) is 5.95 Å². The lowest BCUT2D eigenvalue weighted by molar-refractivity contribution is 0.308. The molecule has 0 fully saturated rings. The molecule has 0 atom stereocenters. The Morgan fingerprint density at radius 1 is 1.20 bits per heavy atom. The quantitative estimate of drug-likeness (QED) is 0.792. The zero-order valence-corrected chi connectivity index (χ0v) is 12.2. The first-order chi connectivity index (χ1) is 9.74. The van der Waals surface area contributed by atoms with Gasteiger partial charge in [-0.1, -0.05) is 12.1 Å². The highest BCUT2D eigenvalue weighted by Crippen LogP contribution is 2.33. The van der Waals surface area contributed by atoms with Crippen LogP contribution in [-0.4, -0.2) is 26.5 Å². The first kappa shape index (κ1) is 13.1. The largest absolute Gasteiger partial charge is 0.464 e. The molecule has 0 spiro atoms. The summed E-state index contributed by atoms with van der Waals surface area (Å²) >= 11 is 2.94. The molecule has 0 radical (unpaired) electrons. The van der Waals surface area contributed by atoms with Crippen molar-refractivity contribution < 1.29 is 4.74 Å². The molecule has 20 heavy (non-hydrogen) atoms. The second-order valence-electron chi connectivity index (χ2n) is 3.74. The topological polar surface area (TPSA) is 86.8 Å². The van der Waals surface area contributed by atoms with Crippen LogP contribution in [0.2, 0.25) is 0 Å². The van der Waals surface area contributed by atoms with Crippen molar-refractivity contribution in [2.45, 2.75) is 16.4 Å². The third-order valence-corrected chi connectivity index (χ3v) is 4.30. The Kier molecular flexibility index (Phi) is 3.66. The number of ether oxygens (including phenoxy) is 1. The molecule has 0 aliphatic carbocycles. The van der Waals surface area contributed by atoms with E-state index in [1.807, 2.05) is 31.2 Å². The van der Waals surface area contributed by atoms with Crippen molar-refractivity contribution in [3.63, 3.8) is 0 Å². The zero-order valence-electron chi connectivity index (χ0n) is 10.6. The van der Waals surface area contributed by atoms with Crippen LogP contribution in [-0.2, 0) is 0 Å². The Bertz CT molecular complexity index is 713. The highest BCUT2D eigenvalue weighted by molar-refractivity contribution is 8.01. The van der Waals surface area contributed by atoms with E-state index in [1.54, 1.807) is 11.3 Å². The first-order valence-electron chi connectivity index (χ1n) is 5.92. The first-order valence-corrected chi connectivity index (χ1v) is 7.55. The number of thiazole rings is 1. The van der Waals surface area contributed by atoms with Gasteiger partial charge < -0.3 is 10.5 Å². The number of nitrogen functional groups attached to an aromatic ring is 1. The summed E-state index contributed by atoms with van der Waals surface area (Å²) in [5, 5.41) is 0.486. The molecule has 8 heteroatoms. The molecular formula is C12H11N5OS2. The van der Waals surface area contributed by atoms with Crippen LogP contribution in [0.25, 0.3) is 10.2 Å². The standard InChI is InChI=1S/C12H11N5OS2/c1-2-18-10-15-9(13)16-11(17-10)20-12-14-7-5-3-4-6-8(7)19-12/h3-6H,2H2,1H3,(H2,13,15,16,17). The predicted molar refractivity (Wildman–Crippen MR) is 79.2 cm³/mol. The van der Waals surface area contributed by atoms with Crippen molar-refractivity contribution in [2.75, 3.05) is 12.3 Å². The number of anilines is 1. The minimum Gasteiger partial charge on any atom is -0.464 e. The molecule has 0 saturated carbocycles. The van der Waals surface area contributed by atoms with Gasteiger partial charge in [-0.3, -0.25) is 0 Å². The van der Waals surface area contributed by atoms with Gasteiger partial charge >= 0.3 is 6.01 Å². The third-order valence-electron chi connectivity index (χ3n) is 2.34. The van der Waals surface area contributed by atoms with Crippen LogP contribution in [0.15, 0.2) is 33.8 Å². The fourth-order valence-electron chi connectivity index (χ4n) is 1.56. The van der Waals surface area contributed by atoms with E-state index < -0.39 is 0 Å². The van der Waals surface area contributed by atoms with Gasteiger partial charge in [0.15, 0.2) is 4.34 Å². The maximum atomic E-state index is 5.65. The summed E-state index contributed by atoms with van der Waals surface area (Å²) in [7, 11) is 0. The molecule has 2 heterocycles. The van der Waals surface area contributed by atoms with Gasteiger partial charge in [-0.2, -0.15) is 15.0 Å². The zero-order chi connectivity index (χ0) is 13.9. The summed E-state index contributed by atoms with van der Waals surface area (Å²) in [6, 6.07) is 8.20. The highest BCUT2D eigenvalue weighted by atomic mass is 32.2. The van der Waals surface area contributed by atoms with E-state index in [1.165, 1.54) is 11.8 Å². The third kappa shape index (κ3) is 2.81. The molecule has 0 amide bonds. The number of fused-ring (bicyclic) bond motifs is 1. The molecule has 102 valence electrons. The summed E-state index contributed by atoms with van der Waals surface area (Å²) in [6.07, 6.45) is 0. The van der Waals surface area contributed by atoms with Crippen molar-refractivity contribution in [3.05, 3.63) is 24.3 Å². The predicted octanol–water partition coefficient (Wildman–Crippen LogP) is 2.61. The van der Waals surface area contributed by atoms with Gasteiger partial charge in [0.25, 0.3) is 0 Å². The Balaban J connectivity index is 1.90. The lowest BCUT2D eigenvalue weighted by atomic mass is 10.3. The van der Waals surface area contributed by atoms with Crippen LogP contribution in [0.5, 0.6) is 6.01 Å². The number of nitrogens with two attached hydrogens (primary N) is 1. The van der Waals surface area contributed by atoms with Gasteiger partial charge in [0, 0.05) is 0 Å². The number of aromatic nitrogens is 4. The second-order valence-corrected chi connectivity index (χ2v) is 5.99. The fraction of sp³-hybridized carbons (Fsp3) is 0.167. The van der Waals surface area contributed by atoms with Crippen molar-refractivity contribution in [2.24, 2.45) is 0 Å². The number of benzene rings is 1. The molecule has 0 aliphatic rings. The Labute approximate surface area is 123 Å². The molecule has 3 aromatic rings. The van der Waals surface area contributed by atoms with Crippen molar-refractivity contribution in [3.8, 4) is 6.01 Å². The smallest absolute Gasteiger partial charge is 0.322 e. The summed E-state index contributed by atoms with van der Waals surface area (Å²) in [4.78, 5) is 16.7. The molecule has 0 aliphatic heterocycles. The molecule has 0 unspecified atom stereocenters. The van der Waals surface area contributed by atoms with E-state index in [0.29, 0.717) is 11.8 Å². The van der Waals surface area contributed by atoms with Crippen LogP contribution in [0, 0.1) is 0 Å². The second kappa shape index (κ2) is 5.59. The lowest BCUT2D eigenvalue weighted by Crippen LogP contribution is -2.04. The van der Waals surface area contributed by atoms with Gasteiger partial charge in [0.05, 0.1) is 16.8 Å². The number of hydrogen-bond donors (Lipinski definition) is 1. The van der Waals surface area contributed by atoms with Crippen LogP contribution < -0.4 is 10.5 Å². The number of rotatable bonds is 4. The minimum absolute atomic E-state index is 0.145. The van der Waals surface area contributed by atoms with E-state index in [0.717, 1.165) is 14.6 Å². The Morgan fingerprint density at radius 2 is 2.05 bits per heavy atom. The van der Waals surface area contributed by atoms with Crippen LogP contribution in [0.1, 0.15) is 6.92 Å². The van der Waals surface area contributed by atoms with E-state index in [9.17, 15) is 0 Å². The SMILES string of the molecule is CCOc1nc(N)nc(Sc2nc3ccccc3s2)n1. The summed E-state index contributed by atoms with van der Waals surface area (Å²) < 4.78 is 7.24. The van der Waals surface area contributed by atoms with E-state index in [4.69, 9.17) is 10.5 Å². The molecule has 2 N–H and O–H groups in total. The molecule has 0 bridgehead atoms. The fourth-order valence-corrected chi connectivity index (χ4v) is 3.48. The monoisotopic (exact) mass is 305 g/mol. The van der Waals surface area contributed by atoms with E-state index >= 15 is 0 Å². The van der Waals surface area contributed by atoms with E-state index in [2.05, 4.69) is 19.9 Å². The minimum atomic E-state index is 0.145. The van der Waals surface area contributed by atoms with Crippen molar-refractivity contribution in [1.29, 1.82) is 0 Å². The van der Waals surface area contributed by atoms with Crippen LogP contribution in [0.3, 0.4) is 0 Å². The maximum Gasteiger partial charge on any atom is 0.322 e. The van der Waals surface area contributed by atoms with Gasteiger partial charge in [0.1, 0.15) is 0 Å². The summed E-state index contributed by atoms with van der Waals surface area (Å²) in [5.74, 6) is 0.145. The summed E-state index contributed by atoms with van der Waals surface area (Å²) in [6.45, 7) is 2.34. The molecule has 6 nitrogen and oxygen atoms in total. The number of para-hydroxylation sites is 1. The Hall–Kier alpha value is -1.93. The molecule has 0 saturated heterocycles. The Morgan fingerprint density at radius 3 is 2.85 bits per heavy atom. The van der Waals surface area contributed by atoms with Gasteiger partial charge in [-0.05, 0) is 30.8 Å². The number of hydrogen-bond acceptors (Lipinski definition) is 8. The molecule has 3 rings (SSSR count). The highest BCUT2D eigenvalue weighted by Gasteiger charge is 2.10. The average Bonchev–Trinajstić information content (AvgIpc) is 2.80. The van der Waals surface area contributed by atoms with Gasteiger partial charge in [-0.25, -0.2) is 4.98 Å². The van der Waals surface area contributed by atoms with Gasteiger partial charge in [0.2, 0.25) is 11.1 Å². The van der Waals surface area contributed by atoms with Gasteiger partial charge in [-0.15, -0.1) is 11.3 Å². The normalized spacial score (nSPS) is 10.8. The van der Waals surface area contributed by atoms with Crippen molar-refractivity contribution >= 4 is 39.3 Å². The number of nitrogens with zero attached hydrogens (tertiary/aromatic N) is 4. The van der Waals surface area contributed by atoms with Crippen LogP contribution >= 0.6 is 23.1 Å². The average molecular weight is 305 g/mol. The maximum absolute atomic E-state index is 5.65. The molecule has 1 aromatic carbocycles. The van der Waals surface area contributed by atoms with E-state index in [-0.39, 0.29) is 12.0 Å². The van der Waals surface area contributed by atoms with Crippen molar-refractivity contribution in [1.82, 2.24) is 19.9 Å². The molecular weight excluding hydrogens is 294 g/mol. The lowest BCUT2D eigenvalue weighted by Gasteiger charge is -2.02.